The molecule has 1 unspecified atom stereocenters. The van der Waals surface area contributed by atoms with Gasteiger partial charge in [-0.3, -0.25) is 4.79 Å². The standard InChI is InChI=1S/C24H27ClN2O4S/c1-16(28)26-32(29,30)20-7-9-23-22(12-20)27(13-17-4-5-17)14-24(15-31-23)10-2-3-18-11-19(25)6-8-21(18)24/h6-9,11-12,17H,2-5,10,13-15H2,1H3,(H,26,28). The quantitative estimate of drug-likeness (QED) is 0.723. The van der Waals surface area contributed by atoms with Gasteiger partial charge in [0.25, 0.3) is 10.0 Å². The van der Waals surface area contributed by atoms with E-state index in [9.17, 15) is 13.2 Å². The first-order chi connectivity index (χ1) is 15.3. The molecule has 5 rings (SSSR count). The van der Waals surface area contributed by atoms with E-state index < -0.39 is 15.9 Å². The maximum absolute atomic E-state index is 12.6. The van der Waals surface area contributed by atoms with Crippen molar-refractivity contribution in [3.05, 3.63) is 52.5 Å². The van der Waals surface area contributed by atoms with Gasteiger partial charge < -0.3 is 9.64 Å². The van der Waals surface area contributed by atoms with Crippen molar-refractivity contribution in [2.24, 2.45) is 5.92 Å². The molecule has 0 aromatic heterocycles. The Hall–Kier alpha value is -2.25. The summed E-state index contributed by atoms with van der Waals surface area (Å²) in [5, 5.41) is 0.751. The maximum atomic E-state index is 12.6. The maximum Gasteiger partial charge on any atom is 0.264 e. The Morgan fingerprint density at radius 3 is 2.81 bits per heavy atom. The lowest BCUT2D eigenvalue weighted by molar-refractivity contribution is -0.117. The minimum Gasteiger partial charge on any atom is -0.490 e. The lowest BCUT2D eigenvalue weighted by Gasteiger charge is -2.41. The largest absolute Gasteiger partial charge is 0.490 e. The second kappa shape index (κ2) is 7.96. The Labute approximate surface area is 193 Å². The molecule has 2 aliphatic carbocycles. The number of sulfonamides is 1. The predicted molar refractivity (Wildman–Crippen MR) is 124 cm³/mol. The molecule has 1 spiro atoms. The molecular formula is C24H27ClN2O4S. The van der Waals surface area contributed by atoms with E-state index in [-0.39, 0.29) is 10.3 Å². The summed E-state index contributed by atoms with van der Waals surface area (Å²) >= 11 is 6.28. The average Bonchev–Trinajstić information content (AvgIpc) is 3.56. The third kappa shape index (κ3) is 4.08. The van der Waals surface area contributed by atoms with Gasteiger partial charge in [-0.2, -0.15) is 0 Å². The summed E-state index contributed by atoms with van der Waals surface area (Å²) in [6, 6.07) is 11.0. The summed E-state index contributed by atoms with van der Waals surface area (Å²) in [6.45, 7) is 3.35. The Balaban J connectivity index is 1.57. The van der Waals surface area contributed by atoms with Gasteiger partial charge in [0.05, 0.1) is 17.2 Å². The molecule has 170 valence electrons. The van der Waals surface area contributed by atoms with Crippen LogP contribution in [0.2, 0.25) is 5.02 Å². The van der Waals surface area contributed by atoms with Crippen molar-refractivity contribution in [3.8, 4) is 5.75 Å². The monoisotopic (exact) mass is 474 g/mol. The van der Waals surface area contributed by atoms with Crippen LogP contribution in [0.4, 0.5) is 5.69 Å². The molecule has 2 aromatic carbocycles. The first kappa shape index (κ1) is 21.6. The van der Waals surface area contributed by atoms with Crippen molar-refractivity contribution in [1.29, 1.82) is 0 Å². The number of carbonyl (C=O) groups is 1. The molecule has 2 aromatic rings. The average molecular weight is 475 g/mol. The highest BCUT2D eigenvalue weighted by molar-refractivity contribution is 7.90. The summed E-state index contributed by atoms with van der Waals surface area (Å²) in [5.74, 6) is 0.690. The van der Waals surface area contributed by atoms with Crippen molar-refractivity contribution in [3.63, 3.8) is 0 Å². The van der Waals surface area contributed by atoms with Gasteiger partial charge in [-0.15, -0.1) is 0 Å². The molecule has 0 saturated heterocycles. The van der Waals surface area contributed by atoms with Crippen LogP contribution >= 0.6 is 11.6 Å². The number of hydrogen-bond acceptors (Lipinski definition) is 5. The molecule has 3 aliphatic rings. The van der Waals surface area contributed by atoms with Crippen molar-refractivity contribution in [2.75, 3.05) is 24.6 Å². The molecule has 32 heavy (non-hydrogen) atoms. The third-order valence-corrected chi connectivity index (χ3v) is 8.44. The second-order valence-corrected chi connectivity index (χ2v) is 11.5. The molecule has 1 amide bonds. The fourth-order valence-corrected chi connectivity index (χ4v) is 6.33. The topological polar surface area (TPSA) is 75.7 Å². The van der Waals surface area contributed by atoms with Gasteiger partial charge in [0.2, 0.25) is 5.91 Å². The molecule has 1 fully saturated rings. The molecular weight excluding hydrogens is 448 g/mol. The summed E-state index contributed by atoms with van der Waals surface area (Å²) < 4.78 is 33.7. The van der Waals surface area contributed by atoms with E-state index in [1.807, 2.05) is 6.07 Å². The van der Waals surface area contributed by atoms with E-state index in [0.29, 0.717) is 18.3 Å². The third-order valence-electron chi connectivity index (χ3n) is 6.77. The highest BCUT2D eigenvalue weighted by Gasteiger charge is 2.42. The molecule has 1 atom stereocenters. The van der Waals surface area contributed by atoms with Gasteiger partial charge in [0, 0.05) is 30.5 Å². The summed E-state index contributed by atoms with van der Waals surface area (Å²) in [6.07, 6.45) is 5.46. The number of carbonyl (C=O) groups excluding carboxylic acids is 1. The van der Waals surface area contributed by atoms with Crippen LogP contribution in [0, 0.1) is 5.92 Å². The number of halogens is 1. The summed E-state index contributed by atoms with van der Waals surface area (Å²) in [4.78, 5) is 13.8. The number of amides is 1. The number of benzene rings is 2. The first-order valence-corrected chi connectivity index (χ1v) is 13.0. The van der Waals surface area contributed by atoms with Crippen molar-refractivity contribution in [2.45, 2.75) is 49.3 Å². The van der Waals surface area contributed by atoms with Crippen molar-refractivity contribution >= 4 is 33.2 Å². The number of nitrogens with one attached hydrogen (secondary N) is 1. The lowest BCUT2D eigenvalue weighted by atomic mass is 9.70. The van der Waals surface area contributed by atoms with Crippen molar-refractivity contribution < 1.29 is 17.9 Å². The molecule has 0 radical (unpaired) electrons. The van der Waals surface area contributed by atoms with Gasteiger partial charge >= 0.3 is 0 Å². The van der Waals surface area contributed by atoms with Gasteiger partial charge in [0.1, 0.15) is 5.75 Å². The lowest BCUT2D eigenvalue weighted by Crippen LogP contribution is -2.46. The van der Waals surface area contributed by atoms with Crippen LogP contribution in [0.5, 0.6) is 5.75 Å². The van der Waals surface area contributed by atoms with Crippen LogP contribution < -0.4 is 14.4 Å². The Kier molecular flexibility index (Phi) is 5.37. The normalized spacial score (nSPS) is 22.5. The van der Waals surface area contributed by atoms with E-state index in [0.717, 1.165) is 43.1 Å². The van der Waals surface area contributed by atoms with E-state index in [2.05, 4.69) is 21.8 Å². The molecule has 1 saturated carbocycles. The van der Waals surface area contributed by atoms with Gasteiger partial charge in [-0.05, 0) is 79.5 Å². The van der Waals surface area contributed by atoms with Crippen molar-refractivity contribution in [1.82, 2.24) is 4.72 Å². The van der Waals surface area contributed by atoms with Crippen LogP contribution in [0.15, 0.2) is 41.3 Å². The zero-order chi connectivity index (χ0) is 22.5. The second-order valence-electron chi connectivity index (χ2n) is 9.34. The van der Waals surface area contributed by atoms with Crippen LogP contribution in [0.1, 0.15) is 43.7 Å². The number of hydrogen-bond donors (Lipinski definition) is 1. The molecule has 0 bridgehead atoms. The molecule has 6 nitrogen and oxygen atoms in total. The van der Waals surface area contributed by atoms with Gasteiger partial charge in [0.15, 0.2) is 0 Å². The fraction of sp³-hybridized carbons (Fsp3) is 0.458. The van der Waals surface area contributed by atoms with Crippen LogP contribution in [0.3, 0.4) is 0 Å². The van der Waals surface area contributed by atoms with E-state index >= 15 is 0 Å². The Morgan fingerprint density at radius 2 is 2.06 bits per heavy atom. The highest BCUT2D eigenvalue weighted by Crippen LogP contribution is 2.46. The SMILES string of the molecule is CC(=O)NS(=O)(=O)c1ccc2c(c1)N(CC1CC1)CC1(CCCc3cc(Cl)ccc31)CO2. The van der Waals surface area contributed by atoms with Crippen LogP contribution in [-0.4, -0.2) is 34.0 Å². The minimum atomic E-state index is -3.92. The first-order valence-electron chi connectivity index (χ1n) is 11.1. The molecule has 1 aliphatic heterocycles. The number of fused-ring (bicyclic) bond motifs is 3. The smallest absolute Gasteiger partial charge is 0.264 e. The summed E-state index contributed by atoms with van der Waals surface area (Å²) in [7, 11) is -3.92. The Bertz CT molecular complexity index is 1180. The van der Waals surface area contributed by atoms with E-state index in [1.165, 1.54) is 37.0 Å². The zero-order valence-electron chi connectivity index (χ0n) is 18.1. The van der Waals surface area contributed by atoms with Gasteiger partial charge in [-0.1, -0.05) is 17.7 Å². The molecule has 1 heterocycles. The van der Waals surface area contributed by atoms with Gasteiger partial charge in [-0.25, -0.2) is 13.1 Å². The van der Waals surface area contributed by atoms with Crippen LogP contribution in [-0.2, 0) is 26.7 Å². The number of ether oxygens (including phenoxy) is 1. The molecule has 1 N–H and O–H groups in total. The fourth-order valence-electron chi connectivity index (χ4n) is 5.12. The molecule has 8 heteroatoms. The summed E-state index contributed by atoms with van der Waals surface area (Å²) in [5.41, 5.74) is 3.16. The highest BCUT2D eigenvalue weighted by atomic mass is 35.5. The van der Waals surface area contributed by atoms with E-state index in [4.69, 9.17) is 16.3 Å². The minimum absolute atomic E-state index is 0.0719. The Morgan fingerprint density at radius 1 is 1.25 bits per heavy atom. The zero-order valence-corrected chi connectivity index (χ0v) is 19.6. The number of nitrogens with zero attached hydrogens (tertiary/aromatic N) is 1. The van der Waals surface area contributed by atoms with Crippen LogP contribution in [0.25, 0.3) is 0 Å². The number of rotatable bonds is 4. The number of anilines is 1. The van der Waals surface area contributed by atoms with E-state index in [1.54, 1.807) is 12.1 Å². The number of aryl methyl sites for hydroxylation is 1. The predicted octanol–water partition coefficient (Wildman–Crippen LogP) is 4.05.